The van der Waals surface area contributed by atoms with Crippen molar-refractivity contribution >= 4 is 0 Å². The average molecular weight is 267 g/mol. The molecule has 0 aromatic rings. The standard InChI is InChI=1S/C10H21NO7/c12-2-5(3-13)11-6-1-10(18,4-14)9(17)8(16)7(6)15/h5-9,11-18H,1-4H2/t6-,7+,8-,9-,10-/m0/s1. The summed E-state index contributed by atoms with van der Waals surface area (Å²) in [6.07, 6.45) is -4.91. The Morgan fingerprint density at radius 3 is 2.06 bits per heavy atom. The molecule has 0 aromatic heterocycles. The molecule has 0 spiro atoms. The molecule has 0 aromatic carbocycles. The highest BCUT2D eigenvalue weighted by atomic mass is 16.4. The van der Waals surface area contributed by atoms with Crippen LogP contribution in [0.3, 0.4) is 0 Å². The zero-order chi connectivity index (χ0) is 13.9. The van der Waals surface area contributed by atoms with E-state index in [9.17, 15) is 20.4 Å². The summed E-state index contributed by atoms with van der Waals surface area (Å²) in [5.41, 5.74) is -1.94. The smallest absolute Gasteiger partial charge is 0.118 e. The highest BCUT2D eigenvalue weighted by molar-refractivity contribution is 5.05. The predicted octanol–water partition coefficient (Wildman–Crippen LogP) is -4.49. The minimum atomic E-state index is -1.94. The van der Waals surface area contributed by atoms with Crippen molar-refractivity contribution in [3.8, 4) is 0 Å². The summed E-state index contributed by atoms with van der Waals surface area (Å²) >= 11 is 0. The minimum Gasteiger partial charge on any atom is -0.395 e. The Hall–Kier alpha value is -0.320. The number of aliphatic hydroxyl groups excluding tert-OH is 6. The summed E-state index contributed by atoms with van der Waals surface area (Å²) in [7, 11) is 0. The number of aliphatic hydroxyl groups is 7. The quantitative estimate of drug-likeness (QED) is 0.248. The van der Waals surface area contributed by atoms with Gasteiger partial charge in [-0.3, -0.25) is 0 Å². The largest absolute Gasteiger partial charge is 0.395 e. The molecule has 0 bridgehead atoms. The van der Waals surface area contributed by atoms with E-state index in [1.165, 1.54) is 0 Å². The van der Waals surface area contributed by atoms with Gasteiger partial charge in [-0.05, 0) is 6.42 Å². The summed E-state index contributed by atoms with van der Waals surface area (Å²) in [5, 5.41) is 68.4. The van der Waals surface area contributed by atoms with Crippen molar-refractivity contribution in [3.63, 3.8) is 0 Å². The lowest BCUT2D eigenvalue weighted by molar-refractivity contribution is -0.207. The van der Waals surface area contributed by atoms with Gasteiger partial charge in [0.25, 0.3) is 0 Å². The van der Waals surface area contributed by atoms with Gasteiger partial charge in [0.2, 0.25) is 0 Å². The van der Waals surface area contributed by atoms with Gasteiger partial charge in [-0.2, -0.15) is 0 Å². The fraction of sp³-hybridized carbons (Fsp3) is 1.00. The van der Waals surface area contributed by atoms with Crippen molar-refractivity contribution in [2.75, 3.05) is 19.8 Å². The van der Waals surface area contributed by atoms with Gasteiger partial charge < -0.3 is 41.1 Å². The van der Waals surface area contributed by atoms with Crippen LogP contribution in [0.5, 0.6) is 0 Å². The first kappa shape index (κ1) is 15.7. The van der Waals surface area contributed by atoms with Crippen LogP contribution in [-0.2, 0) is 0 Å². The predicted molar refractivity (Wildman–Crippen MR) is 59.6 cm³/mol. The van der Waals surface area contributed by atoms with Crippen LogP contribution in [0.25, 0.3) is 0 Å². The molecular formula is C10H21NO7. The van der Waals surface area contributed by atoms with Crippen LogP contribution in [0.1, 0.15) is 6.42 Å². The van der Waals surface area contributed by atoms with Crippen molar-refractivity contribution in [2.45, 2.75) is 42.4 Å². The SMILES string of the molecule is OCC(CO)N[C@H]1C[C@](O)(CO)[C@@H](O)[C@@H](O)[C@@H]1O. The number of hydrogen-bond donors (Lipinski definition) is 8. The van der Waals surface area contributed by atoms with Crippen LogP contribution >= 0.6 is 0 Å². The molecule has 1 aliphatic carbocycles. The third-order valence-electron chi connectivity index (χ3n) is 3.37. The van der Waals surface area contributed by atoms with E-state index in [4.69, 9.17) is 15.3 Å². The Balaban J connectivity index is 2.79. The zero-order valence-corrected chi connectivity index (χ0v) is 9.85. The zero-order valence-electron chi connectivity index (χ0n) is 9.85. The number of rotatable bonds is 5. The van der Waals surface area contributed by atoms with E-state index in [2.05, 4.69) is 5.32 Å². The fourth-order valence-corrected chi connectivity index (χ4v) is 2.15. The van der Waals surface area contributed by atoms with Crippen LogP contribution in [0, 0.1) is 0 Å². The fourth-order valence-electron chi connectivity index (χ4n) is 2.15. The third-order valence-corrected chi connectivity index (χ3v) is 3.37. The van der Waals surface area contributed by atoms with E-state index >= 15 is 0 Å². The molecule has 0 unspecified atom stereocenters. The second-order valence-corrected chi connectivity index (χ2v) is 4.73. The molecule has 5 atom stereocenters. The molecule has 0 heterocycles. The maximum Gasteiger partial charge on any atom is 0.118 e. The first-order valence-electron chi connectivity index (χ1n) is 5.74. The van der Waals surface area contributed by atoms with E-state index in [1.54, 1.807) is 0 Å². The molecule has 0 amide bonds. The van der Waals surface area contributed by atoms with E-state index in [-0.39, 0.29) is 6.42 Å². The molecule has 108 valence electrons. The molecule has 18 heavy (non-hydrogen) atoms. The maximum absolute atomic E-state index is 9.93. The Morgan fingerprint density at radius 2 is 1.61 bits per heavy atom. The van der Waals surface area contributed by atoms with Crippen molar-refractivity contribution in [2.24, 2.45) is 0 Å². The Kier molecular flexibility index (Phi) is 5.44. The molecule has 8 heteroatoms. The second kappa shape index (κ2) is 6.22. The molecule has 1 rings (SSSR count). The number of hydrogen-bond acceptors (Lipinski definition) is 8. The summed E-state index contributed by atoms with van der Waals surface area (Å²) in [4.78, 5) is 0. The average Bonchev–Trinajstić information content (AvgIpc) is 2.39. The first-order valence-corrected chi connectivity index (χ1v) is 5.74. The molecule has 0 radical (unpaired) electrons. The van der Waals surface area contributed by atoms with Crippen LogP contribution in [-0.4, -0.2) is 91.6 Å². The minimum absolute atomic E-state index is 0.223. The van der Waals surface area contributed by atoms with E-state index in [0.717, 1.165) is 0 Å². The number of nitrogens with one attached hydrogen (secondary N) is 1. The highest BCUT2D eigenvalue weighted by Gasteiger charge is 2.51. The van der Waals surface area contributed by atoms with E-state index < -0.39 is 55.8 Å². The molecule has 0 saturated heterocycles. The molecule has 8 N–H and O–H groups in total. The summed E-state index contributed by atoms with van der Waals surface area (Å²) in [6.45, 7) is -1.56. The Morgan fingerprint density at radius 1 is 1.06 bits per heavy atom. The first-order chi connectivity index (χ1) is 8.39. The lowest BCUT2D eigenvalue weighted by Crippen LogP contribution is -2.68. The van der Waals surface area contributed by atoms with Crippen LogP contribution in [0.15, 0.2) is 0 Å². The van der Waals surface area contributed by atoms with Gasteiger partial charge in [-0.25, -0.2) is 0 Å². The van der Waals surface area contributed by atoms with Gasteiger partial charge >= 0.3 is 0 Å². The van der Waals surface area contributed by atoms with Crippen LogP contribution in [0.4, 0.5) is 0 Å². The van der Waals surface area contributed by atoms with E-state index in [1.807, 2.05) is 0 Å². The molecule has 1 fully saturated rings. The lowest BCUT2D eigenvalue weighted by Gasteiger charge is -2.46. The third kappa shape index (κ3) is 2.98. The summed E-state index contributed by atoms with van der Waals surface area (Å²) < 4.78 is 0. The van der Waals surface area contributed by atoms with Crippen LogP contribution in [0.2, 0.25) is 0 Å². The molecule has 1 aliphatic rings. The van der Waals surface area contributed by atoms with Crippen LogP contribution < -0.4 is 5.32 Å². The Bertz CT molecular complexity index is 263. The van der Waals surface area contributed by atoms with Gasteiger partial charge in [0.15, 0.2) is 0 Å². The van der Waals surface area contributed by atoms with Crippen molar-refractivity contribution in [1.82, 2.24) is 5.32 Å². The van der Waals surface area contributed by atoms with Crippen molar-refractivity contribution in [1.29, 1.82) is 0 Å². The summed E-state index contributed by atoms with van der Waals surface area (Å²) in [5.74, 6) is 0. The molecule has 0 aliphatic heterocycles. The maximum atomic E-state index is 9.93. The Labute approximate surface area is 104 Å². The normalized spacial score (nSPS) is 41.3. The van der Waals surface area contributed by atoms with Gasteiger partial charge in [-0.15, -0.1) is 0 Å². The van der Waals surface area contributed by atoms with Gasteiger partial charge in [0.1, 0.15) is 17.8 Å². The van der Waals surface area contributed by atoms with Gasteiger partial charge in [-0.1, -0.05) is 0 Å². The van der Waals surface area contributed by atoms with Gasteiger partial charge in [0.05, 0.1) is 32.0 Å². The second-order valence-electron chi connectivity index (χ2n) is 4.73. The van der Waals surface area contributed by atoms with Gasteiger partial charge in [0, 0.05) is 6.04 Å². The molecular weight excluding hydrogens is 246 g/mol. The van der Waals surface area contributed by atoms with Crippen molar-refractivity contribution < 1.29 is 35.7 Å². The summed E-state index contributed by atoms with van der Waals surface area (Å²) in [6, 6.07) is -1.60. The van der Waals surface area contributed by atoms with Crippen molar-refractivity contribution in [3.05, 3.63) is 0 Å². The highest BCUT2D eigenvalue weighted by Crippen LogP contribution is 2.29. The lowest BCUT2D eigenvalue weighted by atomic mass is 9.76. The monoisotopic (exact) mass is 267 g/mol. The molecule has 1 saturated carbocycles. The topological polar surface area (TPSA) is 154 Å². The molecule has 8 nitrogen and oxygen atoms in total. The van der Waals surface area contributed by atoms with E-state index in [0.29, 0.717) is 0 Å².